The van der Waals surface area contributed by atoms with Gasteiger partial charge in [-0.3, -0.25) is 0 Å². The predicted molar refractivity (Wildman–Crippen MR) is 78.0 cm³/mol. The van der Waals surface area contributed by atoms with Gasteiger partial charge < -0.3 is 5.11 Å². The molecule has 1 N–H and O–H groups in total. The number of aryl methyl sites for hydroxylation is 2. The second-order valence-electron chi connectivity index (χ2n) is 6.00. The third kappa shape index (κ3) is 2.50. The highest BCUT2D eigenvalue weighted by Crippen LogP contribution is 2.35. The van der Waals surface area contributed by atoms with Gasteiger partial charge in [0.25, 0.3) is 0 Å². The van der Waals surface area contributed by atoms with Gasteiger partial charge in [0.05, 0.1) is 11.4 Å². The molecule has 1 aromatic carbocycles. The number of hydrogen-bond acceptors (Lipinski definition) is 2. The van der Waals surface area contributed by atoms with Crippen molar-refractivity contribution in [1.82, 2.24) is 9.78 Å². The maximum absolute atomic E-state index is 10.5. The predicted octanol–water partition coefficient (Wildman–Crippen LogP) is 3.75. The van der Waals surface area contributed by atoms with Crippen LogP contribution in [0.25, 0.3) is 5.69 Å². The molecular formula is C16H22N2O. The van der Waals surface area contributed by atoms with Gasteiger partial charge in [-0.25, -0.2) is 4.68 Å². The van der Waals surface area contributed by atoms with Gasteiger partial charge in [-0.05, 0) is 30.9 Å². The van der Waals surface area contributed by atoms with E-state index in [9.17, 15) is 5.11 Å². The topological polar surface area (TPSA) is 38.0 Å². The number of aromatic nitrogens is 2. The Morgan fingerprint density at radius 1 is 1.16 bits per heavy atom. The number of benzene rings is 1. The Morgan fingerprint density at radius 2 is 1.74 bits per heavy atom. The van der Waals surface area contributed by atoms with E-state index in [0.717, 1.165) is 23.4 Å². The van der Waals surface area contributed by atoms with Crippen LogP contribution in [0.1, 0.15) is 44.5 Å². The van der Waals surface area contributed by atoms with Gasteiger partial charge in [-0.2, -0.15) is 5.10 Å². The minimum absolute atomic E-state index is 0.113. The lowest BCUT2D eigenvalue weighted by molar-refractivity contribution is 0.413. The zero-order chi connectivity index (χ0) is 14.2. The van der Waals surface area contributed by atoms with Crippen LogP contribution >= 0.6 is 0 Å². The van der Waals surface area contributed by atoms with E-state index in [1.165, 1.54) is 5.56 Å². The molecule has 1 heterocycles. The van der Waals surface area contributed by atoms with Crippen LogP contribution in [0.4, 0.5) is 0 Å². The van der Waals surface area contributed by atoms with E-state index in [2.05, 4.69) is 32.8 Å². The molecular weight excluding hydrogens is 236 g/mol. The Labute approximate surface area is 114 Å². The second-order valence-corrected chi connectivity index (χ2v) is 6.00. The molecule has 0 saturated carbocycles. The zero-order valence-electron chi connectivity index (χ0n) is 12.4. The molecule has 1 aromatic heterocycles. The fraction of sp³-hybridized carbons (Fsp3) is 0.438. The Hall–Kier alpha value is -1.77. The van der Waals surface area contributed by atoms with Crippen LogP contribution in [-0.2, 0) is 11.8 Å². The van der Waals surface area contributed by atoms with Crippen LogP contribution in [0.2, 0.25) is 0 Å². The quantitative estimate of drug-likeness (QED) is 0.891. The van der Waals surface area contributed by atoms with Crippen LogP contribution in [0.5, 0.6) is 5.88 Å². The van der Waals surface area contributed by atoms with E-state index in [0.29, 0.717) is 0 Å². The average Bonchev–Trinajstić information content (AvgIpc) is 2.67. The maximum Gasteiger partial charge on any atom is 0.218 e. The molecule has 0 radical (unpaired) electrons. The fourth-order valence-corrected chi connectivity index (χ4v) is 2.33. The van der Waals surface area contributed by atoms with E-state index in [4.69, 9.17) is 0 Å². The SMILES string of the molecule is CCc1nn(-c2ccc(C)cc2)c(O)c1C(C)(C)C. The van der Waals surface area contributed by atoms with Crippen molar-refractivity contribution in [1.29, 1.82) is 0 Å². The van der Waals surface area contributed by atoms with E-state index in [1.54, 1.807) is 4.68 Å². The molecule has 2 aromatic rings. The number of aromatic hydroxyl groups is 1. The highest BCUT2D eigenvalue weighted by atomic mass is 16.3. The minimum Gasteiger partial charge on any atom is -0.493 e. The minimum atomic E-state index is -0.113. The molecule has 0 unspecified atom stereocenters. The summed E-state index contributed by atoms with van der Waals surface area (Å²) in [5.74, 6) is 0.258. The van der Waals surface area contributed by atoms with Gasteiger partial charge in [-0.15, -0.1) is 0 Å². The van der Waals surface area contributed by atoms with E-state index in [1.807, 2.05) is 31.2 Å². The third-order valence-corrected chi connectivity index (χ3v) is 3.30. The van der Waals surface area contributed by atoms with Gasteiger partial charge in [0.1, 0.15) is 0 Å². The van der Waals surface area contributed by atoms with Crippen LogP contribution < -0.4 is 0 Å². The standard InChI is InChI=1S/C16H22N2O/c1-6-13-14(16(3,4)5)15(19)18(17-13)12-9-7-11(2)8-10-12/h7-10,19H,6H2,1-5H3. The molecule has 0 fully saturated rings. The summed E-state index contributed by atoms with van der Waals surface area (Å²) in [6.45, 7) is 10.4. The molecule has 3 nitrogen and oxygen atoms in total. The van der Waals surface area contributed by atoms with E-state index in [-0.39, 0.29) is 11.3 Å². The number of hydrogen-bond donors (Lipinski definition) is 1. The molecule has 0 spiro atoms. The molecule has 0 aliphatic heterocycles. The van der Waals surface area contributed by atoms with Gasteiger partial charge in [0, 0.05) is 5.56 Å². The molecule has 0 atom stereocenters. The summed E-state index contributed by atoms with van der Waals surface area (Å²) in [5, 5.41) is 15.1. The fourth-order valence-electron chi connectivity index (χ4n) is 2.33. The Bertz CT molecular complexity index is 574. The Balaban J connectivity index is 2.60. The van der Waals surface area contributed by atoms with Crippen LogP contribution in [0.3, 0.4) is 0 Å². The summed E-state index contributed by atoms with van der Waals surface area (Å²) in [7, 11) is 0. The van der Waals surface area contributed by atoms with Crippen molar-refractivity contribution in [2.45, 2.75) is 46.5 Å². The molecule has 0 amide bonds. The van der Waals surface area contributed by atoms with E-state index >= 15 is 0 Å². The number of rotatable bonds is 2. The van der Waals surface area contributed by atoms with Gasteiger partial charge >= 0.3 is 0 Å². The Kier molecular flexibility index (Phi) is 3.40. The molecule has 19 heavy (non-hydrogen) atoms. The first-order chi connectivity index (χ1) is 8.84. The smallest absolute Gasteiger partial charge is 0.218 e. The lowest BCUT2D eigenvalue weighted by Crippen LogP contribution is -2.12. The largest absolute Gasteiger partial charge is 0.493 e. The summed E-state index contributed by atoms with van der Waals surface area (Å²) < 4.78 is 1.64. The highest BCUT2D eigenvalue weighted by Gasteiger charge is 2.27. The monoisotopic (exact) mass is 258 g/mol. The van der Waals surface area contributed by atoms with Gasteiger partial charge in [0.2, 0.25) is 5.88 Å². The molecule has 0 aliphatic rings. The average molecular weight is 258 g/mol. The van der Waals surface area contributed by atoms with E-state index < -0.39 is 0 Å². The van der Waals surface area contributed by atoms with Crippen LogP contribution in [-0.4, -0.2) is 14.9 Å². The first kappa shape index (κ1) is 13.7. The lowest BCUT2D eigenvalue weighted by Gasteiger charge is -2.18. The van der Waals surface area contributed by atoms with Crippen molar-refractivity contribution in [2.24, 2.45) is 0 Å². The van der Waals surface area contributed by atoms with Crippen molar-refractivity contribution < 1.29 is 5.11 Å². The summed E-state index contributed by atoms with van der Waals surface area (Å²) in [6.07, 6.45) is 0.818. The summed E-state index contributed by atoms with van der Waals surface area (Å²) in [6, 6.07) is 8.01. The third-order valence-electron chi connectivity index (χ3n) is 3.30. The van der Waals surface area contributed by atoms with Gasteiger partial charge in [0.15, 0.2) is 0 Å². The zero-order valence-corrected chi connectivity index (χ0v) is 12.4. The maximum atomic E-state index is 10.5. The van der Waals surface area contributed by atoms with Crippen molar-refractivity contribution in [3.8, 4) is 11.6 Å². The van der Waals surface area contributed by atoms with Crippen molar-refractivity contribution in [3.05, 3.63) is 41.1 Å². The molecule has 0 saturated heterocycles. The summed E-state index contributed by atoms with van der Waals surface area (Å²) in [5.41, 5.74) is 3.88. The summed E-state index contributed by atoms with van der Waals surface area (Å²) in [4.78, 5) is 0. The van der Waals surface area contributed by atoms with Gasteiger partial charge in [-0.1, -0.05) is 45.4 Å². The highest BCUT2D eigenvalue weighted by molar-refractivity contribution is 5.44. The van der Waals surface area contributed by atoms with Crippen molar-refractivity contribution in [2.75, 3.05) is 0 Å². The van der Waals surface area contributed by atoms with Crippen LogP contribution in [0, 0.1) is 6.92 Å². The number of nitrogens with zero attached hydrogens (tertiary/aromatic N) is 2. The second kappa shape index (κ2) is 4.72. The lowest BCUT2D eigenvalue weighted by atomic mass is 9.86. The molecule has 2 rings (SSSR count). The molecule has 3 heteroatoms. The van der Waals surface area contributed by atoms with Crippen molar-refractivity contribution >= 4 is 0 Å². The van der Waals surface area contributed by atoms with Crippen LogP contribution in [0.15, 0.2) is 24.3 Å². The first-order valence-electron chi connectivity index (χ1n) is 6.73. The Morgan fingerprint density at radius 3 is 2.16 bits per heavy atom. The first-order valence-corrected chi connectivity index (χ1v) is 6.73. The summed E-state index contributed by atoms with van der Waals surface area (Å²) >= 11 is 0. The molecule has 0 aliphatic carbocycles. The molecule has 102 valence electrons. The van der Waals surface area contributed by atoms with Crippen molar-refractivity contribution in [3.63, 3.8) is 0 Å². The normalized spacial score (nSPS) is 11.8. The molecule has 0 bridgehead atoms.